The van der Waals surface area contributed by atoms with Gasteiger partial charge in [0.2, 0.25) is 0 Å². The van der Waals surface area contributed by atoms with Gasteiger partial charge in [-0.15, -0.1) is 0 Å². The fraction of sp³-hybridized carbons (Fsp3) is 0.429. The van der Waals surface area contributed by atoms with Crippen molar-refractivity contribution in [1.82, 2.24) is 0 Å². The lowest BCUT2D eigenvalue weighted by atomic mass is 9.94. The molecule has 4 aliphatic heterocycles. The highest BCUT2D eigenvalue weighted by Crippen LogP contribution is 2.41. The summed E-state index contributed by atoms with van der Waals surface area (Å²) < 4.78 is 0. The first-order valence-electron chi connectivity index (χ1n) is 17.6. The number of benzene rings is 4. The summed E-state index contributed by atoms with van der Waals surface area (Å²) in [6.45, 7) is 24.3. The fourth-order valence-corrected chi connectivity index (χ4v) is 7.68. The summed E-state index contributed by atoms with van der Waals surface area (Å²) in [5.41, 5.74) is 17.4. The molecule has 240 valence electrons. The van der Waals surface area contributed by atoms with Crippen LogP contribution in [0.3, 0.4) is 0 Å². The minimum atomic E-state index is 0.591. The molecule has 0 amide bonds. The molecular formula is C42H52N4. The fourth-order valence-electron chi connectivity index (χ4n) is 7.68. The van der Waals surface area contributed by atoms with Crippen LogP contribution in [0, 0.1) is 0 Å². The van der Waals surface area contributed by atoms with Gasteiger partial charge >= 0.3 is 0 Å². The van der Waals surface area contributed by atoms with Crippen LogP contribution in [0.5, 0.6) is 0 Å². The summed E-state index contributed by atoms with van der Waals surface area (Å²) in [6, 6.07) is 28.2. The van der Waals surface area contributed by atoms with E-state index in [1.165, 1.54) is 67.3 Å². The third-order valence-corrected chi connectivity index (χ3v) is 10.6. The lowest BCUT2D eigenvalue weighted by Gasteiger charge is -2.45. The topological polar surface area (TPSA) is 13.0 Å². The predicted octanol–water partition coefficient (Wildman–Crippen LogP) is 10.5. The Hall–Kier alpha value is -3.92. The molecule has 0 aliphatic carbocycles. The molecule has 0 radical (unpaired) electrons. The molecule has 4 aromatic rings. The van der Waals surface area contributed by atoms with Crippen LogP contribution >= 0.6 is 0 Å². The van der Waals surface area contributed by atoms with Crippen LogP contribution in [-0.2, 0) is 26.2 Å². The summed E-state index contributed by atoms with van der Waals surface area (Å²) >= 11 is 0. The number of hydrogen-bond acceptors (Lipinski definition) is 4. The highest BCUT2D eigenvalue weighted by molar-refractivity contribution is 5.70. The molecule has 8 rings (SSSR count). The molecule has 0 spiro atoms. The number of nitrogens with zero attached hydrogens (tertiary/aromatic N) is 4. The van der Waals surface area contributed by atoms with E-state index in [1.807, 2.05) is 0 Å². The minimum absolute atomic E-state index is 0.591. The van der Waals surface area contributed by atoms with Crippen molar-refractivity contribution in [3.63, 3.8) is 0 Å². The monoisotopic (exact) mass is 612 g/mol. The maximum atomic E-state index is 2.52. The smallest absolute Gasteiger partial charge is 0.0910 e. The van der Waals surface area contributed by atoms with E-state index in [1.54, 1.807) is 0 Å². The van der Waals surface area contributed by atoms with Crippen LogP contribution in [-0.4, -0.2) is 13.3 Å². The quantitative estimate of drug-likeness (QED) is 0.227. The molecule has 0 unspecified atom stereocenters. The van der Waals surface area contributed by atoms with E-state index in [-0.39, 0.29) is 0 Å². The van der Waals surface area contributed by atoms with Crippen molar-refractivity contribution in [2.24, 2.45) is 0 Å². The third-order valence-electron chi connectivity index (χ3n) is 10.6. The Morgan fingerprint density at radius 2 is 0.565 bits per heavy atom. The van der Waals surface area contributed by atoms with Crippen LogP contribution in [0.15, 0.2) is 72.8 Å². The number of fused-ring (bicyclic) bond motifs is 12. The molecule has 4 heteroatoms. The van der Waals surface area contributed by atoms with Gasteiger partial charge in [0.05, 0.1) is 13.3 Å². The van der Waals surface area contributed by atoms with Gasteiger partial charge in [-0.2, -0.15) is 0 Å². The normalized spacial score (nSPS) is 15.9. The molecule has 4 aliphatic rings. The molecule has 46 heavy (non-hydrogen) atoms. The molecule has 4 nitrogen and oxygen atoms in total. The van der Waals surface area contributed by atoms with Crippen molar-refractivity contribution in [2.45, 2.75) is 105 Å². The number of rotatable bonds is 4. The number of anilines is 4. The van der Waals surface area contributed by atoms with E-state index in [9.17, 15) is 0 Å². The van der Waals surface area contributed by atoms with E-state index in [0.717, 1.165) is 39.5 Å². The van der Waals surface area contributed by atoms with Gasteiger partial charge in [-0.3, -0.25) is 0 Å². The molecule has 4 heterocycles. The number of hydrogen-bond donors (Lipinski definition) is 0. The SMILES string of the molecule is CC(C)c1ccc2c(c1)CN1CN2Cc2cc(C(C)C)ccc21.CC(C)c1ccc2c(c1)CN1CN2Cc2cc(C(C)C)ccc21. The predicted molar refractivity (Wildman–Crippen MR) is 197 cm³/mol. The molecule has 0 saturated heterocycles. The van der Waals surface area contributed by atoms with Crippen LogP contribution in [0.1, 0.15) is 124 Å². The summed E-state index contributed by atoms with van der Waals surface area (Å²) in [7, 11) is 0. The molecule has 0 aromatic heterocycles. The average molecular weight is 613 g/mol. The van der Waals surface area contributed by atoms with Gasteiger partial charge in [-0.05, 0) is 92.4 Å². The zero-order chi connectivity index (χ0) is 32.3. The Labute approximate surface area is 277 Å². The Balaban J connectivity index is 0.000000147. The van der Waals surface area contributed by atoms with Crippen LogP contribution in [0.4, 0.5) is 22.7 Å². The van der Waals surface area contributed by atoms with E-state index < -0.39 is 0 Å². The van der Waals surface area contributed by atoms with Gasteiger partial charge in [0.1, 0.15) is 0 Å². The lowest BCUT2D eigenvalue weighted by Crippen LogP contribution is -2.46. The summed E-state index contributed by atoms with van der Waals surface area (Å²) in [5, 5.41) is 0. The molecule has 0 fully saturated rings. The molecule has 4 aromatic carbocycles. The van der Waals surface area contributed by atoms with Crippen molar-refractivity contribution < 1.29 is 0 Å². The largest absolute Gasteiger partial charge is 0.349 e. The van der Waals surface area contributed by atoms with Crippen molar-refractivity contribution in [3.8, 4) is 0 Å². The van der Waals surface area contributed by atoms with Gasteiger partial charge in [0.25, 0.3) is 0 Å². The molecule has 0 atom stereocenters. The zero-order valence-corrected chi connectivity index (χ0v) is 29.3. The molecule has 0 saturated carbocycles. The maximum Gasteiger partial charge on any atom is 0.0910 e. The summed E-state index contributed by atoms with van der Waals surface area (Å²) in [5.74, 6) is 2.36. The van der Waals surface area contributed by atoms with Gasteiger partial charge in [0.15, 0.2) is 0 Å². The summed E-state index contributed by atoms with van der Waals surface area (Å²) in [4.78, 5) is 10.1. The Morgan fingerprint density at radius 3 is 0.761 bits per heavy atom. The van der Waals surface area contributed by atoms with E-state index in [0.29, 0.717) is 23.7 Å². The highest BCUT2D eigenvalue weighted by Gasteiger charge is 2.31. The first-order valence-corrected chi connectivity index (χ1v) is 17.6. The van der Waals surface area contributed by atoms with Crippen molar-refractivity contribution in [2.75, 3.05) is 32.9 Å². The van der Waals surface area contributed by atoms with Crippen molar-refractivity contribution in [3.05, 3.63) is 117 Å². The second kappa shape index (κ2) is 12.0. The second-order valence-electron chi connectivity index (χ2n) is 15.2. The van der Waals surface area contributed by atoms with Crippen LogP contribution in [0.25, 0.3) is 0 Å². The third kappa shape index (κ3) is 5.65. The van der Waals surface area contributed by atoms with Gasteiger partial charge in [0, 0.05) is 48.9 Å². The summed E-state index contributed by atoms with van der Waals surface area (Å²) in [6.07, 6.45) is 0. The average Bonchev–Trinajstić information content (AvgIpc) is 3.04. The lowest BCUT2D eigenvalue weighted by molar-refractivity contribution is 0.647. The highest BCUT2D eigenvalue weighted by atomic mass is 15.4. The zero-order valence-electron chi connectivity index (χ0n) is 29.3. The first-order chi connectivity index (χ1) is 22.0. The molecule has 0 N–H and O–H groups in total. The van der Waals surface area contributed by atoms with Crippen LogP contribution in [0.2, 0.25) is 0 Å². The Bertz CT molecular complexity index is 1490. The molecule has 4 bridgehead atoms. The molecular weight excluding hydrogens is 560 g/mol. The Kier molecular flexibility index (Phi) is 8.03. The first kappa shape index (κ1) is 30.7. The van der Waals surface area contributed by atoms with Crippen LogP contribution < -0.4 is 19.6 Å². The van der Waals surface area contributed by atoms with E-state index in [2.05, 4.69) is 148 Å². The van der Waals surface area contributed by atoms with Crippen molar-refractivity contribution >= 4 is 22.7 Å². The van der Waals surface area contributed by atoms with E-state index >= 15 is 0 Å². The van der Waals surface area contributed by atoms with Gasteiger partial charge in [-0.25, -0.2) is 0 Å². The Morgan fingerprint density at radius 1 is 0.348 bits per heavy atom. The standard InChI is InChI=1S/2C21H26N2/c2*1-14(2)16-5-7-20-18(9-16)11-22-13-23(20)12-19-10-17(15(3)4)6-8-21(19)22/h2*5-10,14-15H,11-13H2,1-4H3. The van der Waals surface area contributed by atoms with Gasteiger partial charge < -0.3 is 19.6 Å². The van der Waals surface area contributed by atoms with Crippen molar-refractivity contribution in [1.29, 1.82) is 0 Å². The van der Waals surface area contributed by atoms with E-state index in [4.69, 9.17) is 0 Å². The van der Waals surface area contributed by atoms with Gasteiger partial charge in [-0.1, -0.05) is 104 Å². The maximum absolute atomic E-state index is 2.52. The minimum Gasteiger partial charge on any atom is -0.349 e. The second-order valence-corrected chi connectivity index (χ2v) is 15.2.